The van der Waals surface area contributed by atoms with E-state index < -0.39 is 29.7 Å². The average Bonchev–Trinajstić information content (AvgIpc) is 3.22. The molecule has 0 bridgehead atoms. The number of H-pyrrole nitrogens is 1. The van der Waals surface area contributed by atoms with E-state index in [4.69, 9.17) is 4.74 Å². The summed E-state index contributed by atoms with van der Waals surface area (Å²) in [4.78, 5) is 25.5. The van der Waals surface area contributed by atoms with Gasteiger partial charge in [0.05, 0.1) is 12.1 Å². The van der Waals surface area contributed by atoms with E-state index in [2.05, 4.69) is 20.8 Å². The summed E-state index contributed by atoms with van der Waals surface area (Å²) in [6.07, 6.45) is -4.89. The van der Waals surface area contributed by atoms with E-state index in [0.29, 0.717) is 17.7 Å². The molecule has 2 aromatic carbocycles. The number of carbonyl (C=O) groups excluding carboxylic acids is 1. The molecular formula is C24H24F3N5O3. The molecule has 4 rings (SSSR count). The summed E-state index contributed by atoms with van der Waals surface area (Å²) < 4.78 is 43.3. The number of carbonyl (C=O) groups is 1. The van der Waals surface area contributed by atoms with Crippen molar-refractivity contribution in [3.8, 4) is 5.75 Å². The maximum Gasteiger partial charge on any atom is 0.389 e. The number of halogens is 3. The number of aromatic nitrogens is 4. The highest BCUT2D eigenvalue weighted by molar-refractivity contribution is 6.22. The molecule has 0 saturated carbocycles. The van der Waals surface area contributed by atoms with Crippen molar-refractivity contribution in [1.82, 2.24) is 25.5 Å². The predicted molar refractivity (Wildman–Crippen MR) is 122 cm³/mol. The third kappa shape index (κ3) is 5.44. The van der Waals surface area contributed by atoms with Crippen LogP contribution in [0.5, 0.6) is 5.75 Å². The van der Waals surface area contributed by atoms with Crippen LogP contribution in [0, 0.1) is 6.92 Å². The Labute approximate surface area is 198 Å². The van der Waals surface area contributed by atoms with Crippen LogP contribution in [-0.2, 0) is 10.3 Å². The molecule has 2 N–H and O–H groups in total. The summed E-state index contributed by atoms with van der Waals surface area (Å²) in [5.74, 6) is -0.0522. The van der Waals surface area contributed by atoms with Crippen molar-refractivity contribution in [2.75, 3.05) is 6.61 Å². The third-order valence-electron chi connectivity index (χ3n) is 5.87. The van der Waals surface area contributed by atoms with Crippen molar-refractivity contribution in [3.05, 3.63) is 75.7 Å². The molecule has 2 heterocycles. The quantitative estimate of drug-likeness (QED) is 0.494. The summed E-state index contributed by atoms with van der Waals surface area (Å²) in [5.41, 5.74) is 1.84. The van der Waals surface area contributed by atoms with E-state index in [-0.39, 0.29) is 18.7 Å². The van der Waals surface area contributed by atoms with Gasteiger partial charge in [0, 0.05) is 12.8 Å². The van der Waals surface area contributed by atoms with Gasteiger partial charge in [0.1, 0.15) is 11.4 Å². The van der Waals surface area contributed by atoms with Crippen molar-refractivity contribution in [2.45, 2.75) is 44.8 Å². The zero-order valence-corrected chi connectivity index (χ0v) is 19.1. The first-order valence-electron chi connectivity index (χ1n) is 11.0. The molecule has 1 amide bonds. The van der Waals surface area contributed by atoms with E-state index in [1.807, 2.05) is 38.1 Å². The molecule has 0 aliphatic carbocycles. The number of amides is 1. The lowest BCUT2D eigenvalue weighted by atomic mass is 9.79. The Morgan fingerprint density at radius 3 is 2.37 bits per heavy atom. The Balaban J connectivity index is 1.62. The lowest BCUT2D eigenvalue weighted by Crippen LogP contribution is -2.49. The summed E-state index contributed by atoms with van der Waals surface area (Å²) in [6, 6.07) is 14.4. The summed E-state index contributed by atoms with van der Waals surface area (Å²) in [6.45, 7) is 3.76. The number of nitrogens with one attached hydrogen (secondary N) is 2. The Morgan fingerprint density at radius 2 is 1.77 bits per heavy atom. The zero-order valence-electron chi connectivity index (χ0n) is 19.1. The van der Waals surface area contributed by atoms with E-state index in [9.17, 15) is 22.8 Å². The smallest absolute Gasteiger partial charge is 0.389 e. The van der Waals surface area contributed by atoms with E-state index in [1.54, 1.807) is 24.3 Å². The highest BCUT2D eigenvalue weighted by Gasteiger charge is 2.39. The van der Waals surface area contributed by atoms with Gasteiger partial charge in [-0.15, -0.1) is 0 Å². The number of aryl methyl sites for hydroxylation is 1. The lowest BCUT2D eigenvalue weighted by molar-refractivity contribution is -0.136. The largest absolute Gasteiger partial charge is 0.494 e. The normalized spacial score (nSPS) is 18.5. The number of benzene rings is 2. The van der Waals surface area contributed by atoms with Crippen LogP contribution < -0.4 is 15.7 Å². The highest BCUT2D eigenvalue weighted by Crippen LogP contribution is 2.39. The van der Waals surface area contributed by atoms with Gasteiger partial charge in [0.2, 0.25) is 0 Å². The van der Waals surface area contributed by atoms with Gasteiger partial charge in [-0.05, 0) is 59.5 Å². The van der Waals surface area contributed by atoms with Crippen LogP contribution in [0.3, 0.4) is 0 Å². The van der Waals surface area contributed by atoms with Gasteiger partial charge in [0.15, 0.2) is 0 Å². The number of nitrogens with zero attached hydrogens (tertiary/aromatic N) is 3. The van der Waals surface area contributed by atoms with Gasteiger partial charge in [0.25, 0.3) is 5.91 Å². The fraction of sp³-hybridized carbons (Fsp3) is 0.333. The van der Waals surface area contributed by atoms with Gasteiger partial charge < -0.3 is 10.1 Å². The number of alkyl halides is 3. The first-order chi connectivity index (χ1) is 16.6. The summed E-state index contributed by atoms with van der Waals surface area (Å²) in [5, 5.41) is 12.4. The number of hydrogen-bond donors (Lipinski definition) is 2. The van der Waals surface area contributed by atoms with Crippen molar-refractivity contribution in [1.29, 1.82) is 0 Å². The third-order valence-corrected chi connectivity index (χ3v) is 5.87. The average molecular weight is 487 g/mol. The minimum atomic E-state index is -4.21. The number of aromatic amines is 1. The molecule has 0 radical (unpaired) electrons. The second-order valence-corrected chi connectivity index (χ2v) is 8.67. The monoisotopic (exact) mass is 487 g/mol. The fourth-order valence-electron chi connectivity index (χ4n) is 4.05. The zero-order chi connectivity index (χ0) is 25.2. The van der Waals surface area contributed by atoms with Crippen LogP contribution >= 0.6 is 0 Å². The Kier molecular flexibility index (Phi) is 6.51. The maximum absolute atomic E-state index is 13.3. The van der Waals surface area contributed by atoms with Crippen LogP contribution in [0.25, 0.3) is 11.3 Å². The molecule has 8 nitrogen and oxygen atoms in total. The Hall–Kier alpha value is -3.89. The van der Waals surface area contributed by atoms with Gasteiger partial charge >= 0.3 is 11.9 Å². The lowest BCUT2D eigenvalue weighted by Gasteiger charge is -2.37. The molecule has 0 unspecified atom stereocenters. The molecule has 1 aromatic heterocycles. The van der Waals surface area contributed by atoms with Gasteiger partial charge in [-0.1, -0.05) is 42.0 Å². The van der Waals surface area contributed by atoms with Gasteiger partial charge in [-0.2, -0.15) is 17.9 Å². The first-order valence-corrected chi connectivity index (χ1v) is 11.0. The molecule has 184 valence electrons. The SMILES string of the molecule is Cc1ccc(C2=C(n3nn[nH]c3=O)C(=O)N[C@](C)(c3ccc(OCCCC(F)(F)F)cc3)C2)cc1. The summed E-state index contributed by atoms with van der Waals surface area (Å²) >= 11 is 0. The molecule has 1 atom stereocenters. The van der Waals surface area contributed by atoms with Crippen LogP contribution in [0.1, 0.15) is 42.9 Å². The van der Waals surface area contributed by atoms with Crippen molar-refractivity contribution < 1.29 is 22.7 Å². The molecule has 0 spiro atoms. The minimum Gasteiger partial charge on any atom is -0.494 e. The van der Waals surface area contributed by atoms with Gasteiger partial charge in [-0.3, -0.25) is 4.79 Å². The molecule has 11 heteroatoms. The second-order valence-electron chi connectivity index (χ2n) is 8.67. The van der Waals surface area contributed by atoms with Crippen LogP contribution in [0.4, 0.5) is 13.2 Å². The van der Waals surface area contributed by atoms with Crippen molar-refractivity contribution >= 4 is 17.2 Å². The standard InChI is InChI=1S/C24H24F3N5O3/c1-15-4-6-16(7-5-15)19-14-23(2,28-21(33)20(19)32-22(34)29-30-31-32)17-8-10-18(11-9-17)35-13-3-12-24(25,26)27/h4-11H,3,12-14H2,1-2H3,(H,28,33)(H,29,31,34)/t23-/m0/s1. The Bertz CT molecular complexity index is 1290. The summed E-state index contributed by atoms with van der Waals surface area (Å²) in [7, 11) is 0. The van der Waals surface area contributed by atoms with Crippen LogP contribution in [0.2, 0.25) is 0 Å². The topological polar surface area (TPSA) is 102 Å². The molecule has 1 aliphatic heterocycles. The second kappa shape index (κ2) is 9.40. The number of rotatable bonds is 7. The van der Waals surface area contributed by atoms with Crippen LogP contribution in [0.15, 0.2) is 53.3 Å². The van der Waals surface area contributed by atoms with E-state index in [0.717, 1.165) is 21.4 Å². The fourth-order valence-corrected chi connectivity index (χ4v) is 4.05. The highest BCUT2D eigenvalue weighted by atomic mass is 19.4. The maximum atomic E-state index is 13.3. The minimum absolute atomic E-state index is 0.0526. The molecular weight excluding hydrogens is 463 g/mol. The molecule has 0 fully saturated rings. The molecule has 3 aromatic rings. The van der Waals surface area contributed by atoms with Crippen molar-refractivity contribution in [2.24, 2.45) is 0 Å². The number of hydrogen-bond acceptors (Lipinski definition) is 5. The predicted octanol–water partition coefficient (Wildman–Crippen LogP) is 3.80. The van der Waals surface area contributed by atoms with Crippen molar-refractivity contribution in [3.63, 3.8) is 0 Å². The first kappa shape index (κ1) is 24.2. The van der Waals surface area contributed by atoms with E-state index >= 15 is 0 Å². The van der Waals surface area contributed by atoms with E-state index in [1.165, 1.54) is 0 Å². The molecule has 35 heavy (non-hydrogen) atoms. The number of tetrazole rings is 1. The van der Waals surface area contributed by atoms with Crippen LogP contribution in [-0.4, -0.2) is 38.9 Å². The van der Waals surface area contributed by atoms with Gasteiger partial charge in [-0.25, -0.2) is 9.89 Å². The Morgan fingerprint density at radius 1 is 1.09 bits per heavy atom. The molecule has 1 aliphatic rings. The molecule has 0 saturated heterocycles. The number of ether oxygens (including phenoxy) is 1.